The molecule has 3 atom stereocenters. The summed E-state index contributed by atoms with van der Waals surface area (Å²) in [5.41, 5.74) is 0. The Kier molecular flexibility index (Phi) is 5.45. The molecule has 2 fully saturated rings. The SMILES string of the molecule is CC(CNC(=O)N1CCC2C(CCCN2C)C1)CC(=O)O. The molecule has 0 bridgehead atoms. The number of nitrogens with zero attached hydrogens (tertiary/aromatic N) is 2. The molecule has 21 heavy (non-hydrogen) atoms. The van der Waals surface area contributed by atoms with E-state index >= 15 is 0 Å². The summed E-state index contributed by atoms with van der Waals surface area (Å²) in [6.45, 7) is 5.06. The van der Waals surface area contributed by atoms with E-state index in [1.807, 2.05) is 11.8 Å². The second kappa shape index (κ2) is 7.11. The van der Waals surface area contributed by atoms with Gasteiger partial charge in [-0.3, -0.25) is 4.79 Å². The maximum atomic E-state index is 12.2. The molecule has 6 heteroatoms. The third kappa shape index (κ3) is 4.33. The molecule has 0 radical (unpaired) electrons. The Morgan fingerprint density at radius 3 is 2.81 bits per heavy atom. The van der Waals surface area contributed by atoms with Gasteiger partial charge >= 0.3 is 12.0 Å². The summed E-state index contributed by atoms with van der Waals surface area (Å²) in [6.07, 6.45) is 3.55. The first-order valence-corrected chi connectivity index (χ1v) is 7.92. The molecule has 0 aromatic heterocycles. The average Bonchev–Trinajstić information content (AvgIpc) is 2.44. The monoisotopic (exact) mass is 297 g/mol. The molecule has 0 saturated carbocycles. The molecule has 0 spiro atoms. The van der Waals surface area contributed by atoms with Gasteiger partial charge in [-0.05, 0) is 44.7 Å². The lowest BCUT2D eigenvalue weighted by Gasteiger charge is -2.45. The van der Waals surface area contributed by atoms with Gasteiger partial charge < -0.3 is 20.2 Å². The highest BCUT2D eigenvalue weighted by Gasteiger charge is 2.35. The molecule has 0 aliphatic carbocycles. The first-order valence-electron chi connectivity index (χ1n) is 7.92. The molecule has 2 heterocycles. The lowest BCUT2D eigenvalue weighted by atomic mass is 9.84. The predicted octanol–water partition coefficient (Wildman–Crippen LogP) is 1.22. The van der Waals surface area contributed by atoms with E-state index in [4.69, 9.17) is 5.11 Å². The van der Waals surface area contributed by atoms with Gasteiger partial charge in [0.1, 0.15) is 0 Å². The lowest BCUT2D eigenvalue weighted by molar-refractivity contribution is -0.137. The lowest BCUT2D eigenvalue weighted by Crippen LogP contribution is -2.55. The van der Waals surface area contributed by atoms with E-state index in [-0.39, 0.29) is 18.4 Å². The van der Waals surface area contributed by atoms with Crippen molar-refractivity contribution in [2.75, 3.05) is 33.2 Å². The summed E-state index contributed by atoms with van der Waals surface area (Å²) in [5.74, 6) is -0.271. The van der Waals surface area contributed by atoms with E-state index in [0.717, 1.165) is 19.5 Å². The quantitative estimate of drug-likeness (QED) is 0.818. The topological polar surface area (TPSA) is 72.9 Å². The molecule has 2 saturated heterocycles. The fraction of sp³-hybridized carbons (Fsp3) is 0.867. The smallest absolute Gasteiger partial charge is 0.317 e. The van der Waals surface area contributed by atoms with Gasteiger partial charge in [-0.1, -0.05) is 6.92 Å². The minimum Gasteiger partial charge on any atom is -0.481 e. The molecule has 3 unspecified atom stereocenters. The number of carbonyl (C=O) groups excluding carboxylic acids is 1. The number of likely N-dealkylation sites (tertiary alicyclic amines) is 2. The summed E-state index contributed by atoms with van der Waals surface area (Å²) in [6, 6.07) is 0.577. The number of carbonyl (C=O) groups is 2. The zero-order valence-electron chi connectivity index (χ0n) is 13.0. The number of hydrogen-bond acceptors (Lipinski definition) is 3. The summed E-state index contributed by atoms with van der Waals surface area (Å²) in [5, 5.41) is 11.6. The van der Waals surface area contributed by atoms with Gasteiger partial charge in [-0.25, -0.2) is 4.79 Å². The first-order chi connectivity index (χ1) is 9.97. The van der Waals surface area contributed by atoms with E-state index in [1.165, 1.54) is 19.4 Å². The number of amides is 2. The zero-order chi connectivity index (χ0) is 15.4. The van der Waals surface area contributed by atoms with Crippen LogP contribution in [0, 0.1) is 11.8 Å². The third-order valence-electron chi connectivity index (χ3n) is 4.76. The van der Waals surface area contributed by atoms with Crippen molar-refractivity contribution in [1.82, 2.24) is 15.1 Å². The highest BCUT2D eigenvalue weighted by Crippen LogP contribution is 2.29. The number of piperidine rings is 2. The van der Waals surface area contributed by atoms with Crippen molar-refractivity contribution < 1.29 is 14.7 Å². The number of nitrogens with one attached hydrogen (secondary N) is 1. The van der Waals surface area contributed by atoms with Gasteiger partial charge in [-0.15, -0.1) is 0 Å². The summed E-state index contributed by atoms with van der Waals surface area (Å²) >= 11 is 0. The maximum absolute atomic E-state index is 12.2. The highest BCUT2D eigenvalue weighted by atomic mass is 16.4. The number of aliphatic carboxylic acids is 1. The van der Waals surface area contributed by atoms with Gasteiger partial charge in [0.25, 0.3) is 0 Å². The van der Waals surface area contributed by atoms with Gasteiger partial charge in [0.15, 0.2) is 0 Å². The molecule has 2 aliphatic heterocycles. The second-order valence-electron chi connectivity index (χ2n) is 6.57. The Hall–Kier alpha value is -1.30. The Morgan fingerprint density at radius 2 is 2.10 bits per heavy atom. The molecule has 2 amide bonds. The number of hydrogen-bond donors (Lipinski definition) is 2. The van der Waals surface area contributed by atoms with Crippen LogP contribution in [0.1, 0.15) is 32.6 Å². The Labute approximate surface area is 126 Å². The highest BCUT2D eigenvalue weighted by molar-refractivity contribution is 5.74. The van der Waals surface area contributed by atoms with Crippen LogP contribution >= 0.6 is 0 Å². The van der Waals surface area contributed by atoms with Crippen LogP contribution in [0.25, 0.3) is 0 Å². The molecule has 2 aliphatic rings. The number of urea groups is 1. The molecule has 0 aromatic rings. The summed E-state index contributed by atoms with van der Waals surface area (Å²) in [7, 11) is 2.18. The van der Waals surface area contributed by atoms with Crippen LogP contribution in [0.15, 0.2) is 0 Å². The fourth-order valence-electron chi connectivity index (χ4n) is 3.58. The number of carboxylic acids is 1. The van der Waals surface area contributed by atoms with Crippen molar-refractivity contribution in [1.29, 1.82) is 0 Å². The Bertz CT molecular complexity index is 388. The normalized spacial score (nSPS) is 27.8. The van der Waals surface area contributed by atoms with Crippen molar-refractivity contribution >= 4 is 12.0 Å². The molecule has 2 N–H and O–H groups in total. The molecule has 120 valence electrons. The van der Waals surface area contributed by atoms with Crippen molar-refractivity contribution in [3.8, 4) is 0 Å². The van der Waals surface area contributed by atoms with Crippen molar-refractivity contribution in [2.45, 2.75) is 38.6 Å². The van der Waals surface area contributed by atoms with Gasteiger partial charge in [-0.2, -0.15) is 0 Å². The van der Waals surface area contributed by atoms with Crippen LogP contribution in [-0.2, 0) is 4.79 Å². The van der Waals surface area contributed by atoms with Crippen LogP contribution < -0.4 is 5.32 Å². The van der Waals surface area contributed by atoms with E-state index in [2.05, 4.69) is 17.3 Å². The number of rotatable bonds is 4. The average molecular weight is 297 g/mol. The van der Waals surface area contributed by atoms with Gasteiger partial charge in [0, 0.05) is 32.1 Å². The minimum absolute atomic E-state index is 0.0372. The predicted molar refractivity (Wildman–Crippen MR) is 80.1 cm³/mol. The van der Waals surface area contributed by atoms with E-state index in [9.17, 15) is 9.59 Å². The summed E-state index contributed by atoms with van der Waals surface area (Å²) in [4.78, 5) is 27.1. The zero-order valence-corrected chi connectivity index (χ0v) is 13.0. The van der Waals surface area contributed by atoms with Gasteiger partial charge in [0.05, 0.1) is 0 Å². The summed E-state index contributed by atoms with van der Waals surface area (Å²) < 4.78 is 0. The van der Waals surface area contributed by atoms with Crippen LogP contribution in [0.2, 0.25) is 0 Å². The van der Waals surface area contributed by atoms with E-state index in [1.54, 1.807) is 0 Å². The molecular formula is C15H27N3O3. The van der Waals surface area contributed by atoms with Crippen LogP contribution in [-0.4, -0.2) is 66.2 Å². The minimum atomic E-state index is -0.817. The third-order valence-corrected chi connectivity index (χ3v) is 4.76. The van der Waals surface area contributed by atoms with Crippen LogP contribution in [0.5, 0.6) is 0 Å². The number of fused-ring (bicyclic) bond motifs is 1. The van der Waals surface area contributed by atoms with Crippen molar-refractivity contribution in [3.63, 3.8) is 0 Å². The second-order valence-corrected chi connectivity index (χ2v) is 6.57. The fourth-order valence-corrected chi connectivity index (χ4v) is 3.58. The first kappa shape index (κ1) is 16.1. The van der Waals surface area contributed by atoms with Crippen molar-refractivity contribution in [2.24, 2.45) is 11.8 Å². The molecule has 2 rings (SSSR count). The number of carboxylic acid groups (broad SMARTS) is 1. The van der Waals surface area contributed by atoms with Crippen LogP contribution in [0.3, 0.4) is 0 Å². The van der Waals surface area contributed by atoms with Crippen LogP contribution in [0.4, 0.5) is 4.79 Å². The maximum Gasteiger partial charge on any atom is 0.317 e. The largest absolute Gasteiger partial charge is 0.481 e. The molecule has 0 aromatic carbocycles. The van der Waals surface area contributed by atoms with Crippen molar-refractivity contribution in [3.05, 3.63) is 0 Å². The Balaban J connectivity index is 1.77. The molecular weight excluding hydrogens is 270 g/mol. The molecule has 6 nitrogen and oxygen atoms in total. The van der Waals surface area contributed by atoms with E-state index in [0.29, 0.717) is 18.5 Å². The van der Waals surface area contributed by atoms with Gasteiger partial charge in [0.2, 0.25) is 0 Å². The van der Waals surface area contributed by atoms with E-state index < -0.39 is 5.97 Å². The standard InChI is InChI=1S/C15H27N3O3/c1-11(8-14(19)20)9-16-15(21)18-7-5-13-12(10-18)4-3-6-17(13)2/h11-13H,3-10H2,1-2H3,(H,16,21)(H,19,20). The Morgan fingerprint density at radius 1 is 1.33 bits per heavy atom.